The van der Waals surface area contributed by atoms with Crippen molar-refractivity contribution in [3.05, 3.63) is 29.8 Å². The summed E-state index contributed by atoms with van der Waals surface area (Å²) in [5, 5.41) is 12.3. The van der Waals surface area contributed by atoms with Crippen molar-refractivity contribution in [2.75, 3.05) is 13.7 Å². The van der Waals surface area contributed by atoms with E-state index in [0.29, 0.717) is 0 Å². The SMILES string of the molecule is COc1cccc(CNCC[C@H](C)O)c1. The maximum Gasteiger partial charge on any atom is 0.119 e. The molecular formula is C12H19NO2. The molecule has 0 bridgehead atoms. The molecule has 15 heavy (non-hydrogen) atoms. The highest BCUT2D eigenvalue weighted by Gasteiger charge is 1.97. The van der Waals surface area contributed by atoms with Crippen molar-refractivity contribution in [3.63, 3.8) is 0 Å². The molecule has 1 aromatic carbocycles. The Balaban J connectivity index is 2.30. The van der Waals surface area contributed by atoms with Crippen molar-refractivity contribution in [2.45, 2.75) is 26.0 Å². The Kier molecular flexibility index (Phi) is 5.15. The second kappa shape index (κ2) is 6.43. The number of aliphatic hydroxyl groups excluding tert-OH is 1. The highest BCUT2D eigenvalue weighted by atomic mass is 16.5. The van der Waals surface area contributed by atoms with Crippen LogP contribution in [0.2, 0.25) is 0 Å². The van der Waals surface area contributed by atoms with E-state index in [1.165, 1.54) is 5.56 Å². The van der Waals surface area contributed by atoms with E-state index in [0.717, 1.165) is 25.3 Å². The number of methoxy groups -OCH3 is 1. The van der Waals surface area contributed by atoms with E-state index in [4.69, 9.17) is 9.84 Å². The van der Waals surface area contributed by atoms with Gasteiger partial charge >= 0.3 is 0 Å². The maximum absolute atomic E-state index is 9.07. The Hall–Kier alpha value is -1.06. The van der Waals surface area contributed by atoms with Gasteiger partial charge in [-0.1, -0.05) is 12.1 Å². The van der Waals surface area contributed by atoms with Crippen LogP contribution in [0.5, 0.6) is 5.75 Å². The van der Waals surface area contributed by atoms with Gasteiger partial charge in [-0.3, -0.25) is 0 Å². The van der Waals surface area contributed by atoms with E-state index in [9.17, 15) is 0 Å². The maximum atomic E-state index is 9.07. The number of aliphatic hydroxyl groups is 1. The molecule has 3 nitrogen and oxygen atoms in total. The third-order valence-electron chi connectivity index (χ3n) is 2.20. The van der Waals surface area contributed by atoms with Gasteiger partial charge in [0.05, 0.1) is 13.2 Å². The van der Waals surface area contributed by atoms with Crippen molar-refractivity contribution in [1.82, 2.24) is 5.32 Å². The van der Waals surface area contributed by atoms with E-state index in [1.807, 2.05) is 18.2 Å². The van der Waals surface area contributed by atoms with Crippen molar-refractivity contribution in [3.8, 4) is 5.75 Å². The summed E-state index contributed by atoms with van der Waals surface area (Å²) >= 11 is 0. The topological polar surface area (TPSA) is 41.5 Å². The first kappa shape index (κ1) is 12.0. The smallest absolute Gasteiger partial charge is 0.119 e. The number of rotatable bonds is 6. The van der Waals surface area contributed by atoms with Crippen molar-refractivity contribution in [1.29, 1.82) is 0 Å². The Morgan fingerprint density at radius 3 is 2.93 bits per heavy atom. The summed E-state index contributed by atoms with van der Waals surface area (Å²) in [6.07, 6.45) is 0.548. The minimum absolute atomic E-state index is 0.234. The fourth-order valence-corrected chi connectivity index (χ4v) is 1.33. The molecule has 0 aliphatic rings. The summed E-state index contributed by atoms with van der Waals surface area (Å²) in [6.45, 7) is 3.44. The Bertz CT molecular complexity index is 287. The zero-order valence-electron chi connectivity index (χ0n) is 9.36. The molecule has 0 radical (unpaired) electrons. The van der Waals surface area contributed by atoms with Crippen LogP contribution in [-0.2, 0) is 6.54 Å². The lowest BCUT2D eigenvalue weighted by molar-refractivity contribution is 0.183. The lowest BCUT2D eigenvalue weighted by Crippen LogP contribution is -2.18. The van der Waals surface area contributed by atoms with Gasteiger partial charge < -0.3 is 15.2 Å². The highest BCUT2D eigenvalue weighted by Crippen LogP contribution is 2.11. The molecule has 84 valence electrons. The van der Waals surface area contributed by atoms with Crippen LogP contribution < -0.4 is 10.1 Å². The predicted octanol–water partition coefficient (Wildman–Crippen LogP) is 1.56. The summed E-state index contributed by atoms with van der Waals surface area (Å²) in [4.78, 5) is 0. The molecule has 0 aliphatic carbocycles. The Morgan fingerprint density at radius 1 is 1.47 bits per heavy atom. The van der Waals surface area contributed by atoms with E-state index in [2.05, 4.69) is 11.4 Å². The van der Waals surface area contributed by atoms with Crippen molar-refractivity contribution < 1.29 is 9.84 Å². The van der Waals surface area contributed by atoms with Gasteiger partial charge in [0, 0.05) is 6.54 Å². The third kappa shape index (κ3) is 4.81. The van der Waals surface area contributed by atoms with Crippen LogP contribution in [0.25, 0.3) is 0 Å². The molecular weight excluding hydrogens is 190 g/mol. The predicted molar refractivity (Wildman–Crippen MR) is 61.0 cm³/mol. The van der Waals surface area contributed by atoms with Crippen molar-refractivity contribution >= 4 is 0 Å². The number of ether oxygens (including phenoxy) is 1. The zero-order chi connectivity index (χ0) is 11.1. The second-order valence-electron chi connectivity index (χ2n) is 3.67. The second-order valence-corrected chi connectivity index (χ2v) is 3.67. The largest absolute Gasteiger partial charge is 0.497 e. The van der Waals surface area contributed by atoms with Crippen molar-refractivity contribution in [2.24, 2.45) is 0 Å². The molecule has 0 aromatic heterocycles. The molecule has 1 atom stereocenters. The molecule has 0 spiro atoms. The van der Waals surface area contributed by atoms with Crippen LogP contribution in [0.1, 0.15) is 18.9 Å². The van der Waals surface area contributed by atoms with Gasteiger partial charge in [-0.05, 0) is 37.6 Å². The molecule has 0 fully saturated rings. The van der Waals surface area contributed by atoms with E-state index in [-0.39, 0.29) is 6.10 Å². The van der Waals surface area contributed by atoms with Crippen LogP contribution in [0.4, 0.5) is 0 Å². The lowest BCUT2D eigenvalue weighted by atomic mass is 10.2. The van der Waals surface area contributed by atoms with Gasteiger partial charge in [0.1, 0.15) is 5.75 Å². The number of nitrogens with one attached hydrogen (secondary N) is 1. The molecule has 0 unspecified atom stereocenters. The summed E-state index contributed by atoms with van der Waals surface area (Å²) in [5.41, 5.74) is 1.19. The van der Waals surface area contributed by atoms with Gasteiger partial charge in [-0.2, -0.15) is 0 Å². The number of benzene rings is 1. The highest BCUT2D eigenvalue weighted by molar-refractivity contribution is 5.28. The van der Waals surface area contributed by atoms with Gasteiger partial charge in [-0.15, -0.1) is 0 Å². The quantitative estimate of drug-likeness (QED) is 0.699. The minimum atomic E-state index is -0.234. The summed E-state index contributed by atoms with van der Waals surface area (Å²) in [5.74, 6) is 0.879. The van der Waals surface area contributed by atoms with Crippen LogP contribution in [-0.4, -0.2) is 24.9 Å². The van der Waals surface area contributed by atoms with Gasteiger partial charge in [0.25, 0.3) is 0 Å². The normalized spacial score (nSPS) is 12.5. The van der Waals surface area contributed by atoms with Gasteiger partial charge in [0.15, 0.2) is 0 Å². The molecule has 0 saturated carbocycles. The van der Waals surface area contributed by atoms with Gasteiger partial charge in [-0.25, -0.2) is 0 Å². The molecule has 0 saturated heterocycles. The molecule has 2 N–H and O–H groups in total. The number of hydrogen-bond donors (Lipinski definition) is 2. The number of hydrogen-bond acceptors (Lipinski definition) is 3. The van der Waals surface area contributed by atoms with Gasteiger partial charge in [0.2, 0.25) is 0 Å². The van der Waals surface area contributed by atoms with Crippen LogP contribution in [0.15, 0.2) is 24.3 Å². The fourth-order valence-electron chi connectivity index (χ4n) is 1.33. The zero-order valence-corrected chi connectivity index (χ0v) is 9.36. The first-order valence-corrected chi connectivity index (χ1v) is 5.24. The summed E-state index contributed by atoms with van der Waals surface area (Å²) in [6, 6.07) is 7.97. The lowest BCUT2D eigenvalue weighted by Gasteiger charge is -2.07. The monoisotopic (exact) mass is 209 g/mol. The van der Waals surface area contributed by atoms with E-state index < -0.39 is 0 Å². The minimum Gasteiger partial charge on any atom is -0.497 e. The molecule has 0 amide bonds. The van der Waals surface area contributed by atoms with Crippen LogP contribution in [0.3, 0.4) is 0 Å². The van der Waals surface area contributed by atoms with E-state index in [1.54, 1.807) is 14.0 Å². The molecule has 0 aliphatic heterocycles. The van der Waals surface area contributed by atoms with Crippen LogP contribution >= 0.6 is 0 Å². The Labute approximate surface area is 91.1 Å². The average Bonchev–Trinajstić information content (AvgIpc) is 2.24. The molecule has 1 aromatic rings. The summed E-state index contributed by atoms with van der Waals surface area (Å²) in [7, 11) is 1.67. The third-order valence-corrected chi connectivity index (χ3v) is 2.20. The fraction of sp³-hybridized carbons (Fsp3) is 0.500. The molecule has 1 rings (SSSR count). The standard InChI is InChI=1S/C12H19NO2/c1-10(14)6-7-13-9-11-4-3-5-12(8-11)15-2/h3-5,8,10,13-14H,6-7,9H2,1-2H3/t10-/m0/s1. The first-order valence-electron chi connectivity index (χ1n) is 5.24. The van der Waals surface area contributed by atoms with Crippen LogP contribution in [0, 0.1) is 0 Å². The molecule has 0 heterocycles. The Morgan fingerprint density at radius 2 is 2.27 bits per heavy atom. The first-order chi connectivity index (χ1) is 7.22. The summed E-state index contributed by atoms with van der Waals surface area (Å²) < 4.78 is 5.13. The van der Waals surface area contributed by atoms with E-state index >= 15 is 0 Å². The average molecular weight is 209 g/mol. The molecule has 3 heteroatoms.